The minimum Gasteiger partial charge on any atom is -0.338 e. The van der Waals surface area contributed by atoms with Crippen LogP contribution in [0.1, 0.15) is 27.9 Å². The molecule has 0 aromatic carbocycles. The quantitative estimate of drug-likeness (QED) is 0.899. The Hall–Kier alpha value is -2.47. The second-order valence-electron chi connectivity index (χ2n) is 6.83. The monoisotopic (exact) mass is 340 g/mol. The lowest BCUT2D eigenvalue weighted by Crippen LogP contribution is -2.35. The first-order valence-corrected chi connectivity index (χ1v) is 8.59. The highest BCUT2D eigenvalue weighted by atomic mass is 16.2. The van der Waals surface area contributed by atoms with E-state index in [0.29, 0.717) is 19.0 Å². The summed E-state index contributed by atoms with van der Waals surface area (Å²) in [5, 5.41) is 0. The Morgan fingerprint density at radius 1 is 1.44 bits per heavy atom. The van der Waals surface area contributed by atoms with E-state index in [1.165, 1.54) is 5.56 Å². The van der Waals surface area contributed by atoms with Crippen LogP contribution in [0.2, 0.25) is 0 Å². The average Bonchev–Trinajstić information content (AvgIpc) is 3.03. The van der Waals surface area contributed by atoms with Gasteiger partial charge in [-0.05, 0) is 49.6 Å². The van der Waals surface area contributed by atoms with E-state index in [4.69, 9.17) is 0 Å². The molecular formula is C19H24N4O2. The van der Waals surface area contributed by atoms with E-state index >= 15 is 0 Å². The molecule has 25 heavy (non-hydrogen) atoms. The van der Waals surface area contributed by atoms with Gasteiger partial charge in [-0.15, -0.1) is 0 Å². The van der Waals surface area contributed by atoms with Crippen molar-refractivity contribution in [2.45, 2.75) is 19.9 Å². The Morgan fingerprint density at radius 2 is 2.28 bits per heavy atom. The Balaban J connectivity index is 1.58. The van der Waals surface area contributed by atoms with Crippen molar-refractivity contribution in [1.29, 1.82) is 0 Å². The summed E-state index contributed by atoms with van der Waals surface area (Å²) < 4.78 is 0. The average molecular weight is 340 g/mol. The van der Waals surface area contributed by atoms with Crippen molar-refractivity contribution in [3.8, 4) is 0 Å². The zero-order valence-electron chi connectivity index (χ0n) is 14.7. The zero-order chi connectivity index (χ0) is 17.8. The number of amides is 1. The minimum atomic E-state index is -0.304. The SMILES string of the molecule is Cc1cc[nH]c(=O)c1C(=O)N1CCC(CN(C)Cc2cccnc2)C1. The fraction of sp³-hybridized carbons (Fsp3) is 0.421. The number of rotatable bonds is 5. The number of aromatic amines is 1. The van der Waals surface area contributed by atoms with E-state index in [1.807, 2.05) is 12.3 Å². The number of likely N-dealkylation sites (tertiary alicyclic amines) is 1. The van der Waals surface area contributed by atoms with Gasteiger partial charge in [0, 0.05) is 44.8 Å². The molecule has 1 unspecified atom stereocenters. The largest absolute Gasteiger partial charge is 0.338 e. The van der Waals surface area contributed by atoms with Gasteiger partial charge in [0.15, 0.2) is 0 Å². The maximum atomic E-state index is 12.7. The van der Waals surface area contributed by atoms with Gasteiger partial charge in [0.1, 0.15) is 5.56 Å². The molecule has 1 aliphatic rings. The van der Waals surface area contributed by atoms with E-state index in [2.05, 4.69) is 28.0 Å². The van der Waals surface area contributed by atoms with Gasteiger partial charge in [-0.25, -0.2) is 0 Å². The normalized spacial score (nSPS) is 17.2. The number of H-pyrrole nitrogens is 1. The Morgan fingerprint density at radius 3 is 3.00 bits per heavy atom. The highest BCUT2D eigenvalue weighted by Gasteiger charge is 2.29. The third kappa shape index (κ3) is 4.14. The maximum absolute atomic E-state index is 12.7. The lowest BCUT2D eigenvalue weighted by molar-refractivity contribution is 0.0781. The van der Waals surface area contributed by atoms with Crippen molar-refractivity contribution in [3.05, 3.63) is 63.8 Å². The molecule has 0 bridgehead atoms. The van der Waals surface area contributed by atoms with E-state index in [0.717, 1.165) is 25.1 Å². The molecule has 132 valence electrons. The zero-order valence-corrected chi connectivity index (χ0v) is 14.7. The van der Waals surface area contributed by atoms with Gasteiger partial charge in [-0.2, -0.15) is 0 Å². The van der Waals surface area contributed by atoms with Crippen molar-refractivity contribution in [2.24, 2.45) is 5.92 Å². The fourth-order valence-corrected chi connectivity index (χ4v) is 3.48. The first-order valence-electron chi connectivity index (χ1n) is 8.59. The summed E-state index contributed by atoms with van der Waals surface area (Å²) in [4.78, 5) is 35.5. The lowest BCUT2D eigenvalue weighted by atomic mass is 10.1. The van der Waals surface area contributed by atoms with Gasteiger partial charge in [0.05, 0.1) is 0 Å². The van der Waals surface area contributed by atoms with Gasteiger partial charge in [-0.3, -0.25) is 14.6 Å². The van der Waals surface area contributed by atoms with Crippen molar-refractivity contribution >= 4 is 5.91 Å². The second kappa shape index (κ2) is 7.61. The number of carbonyl (C=O) groups excluding carboxylic acids is 1. The van der Waals surface area contributed by atoms with Crippen LogP contribution in [-0.4, -0.2) is 52.4 Å². The van der Waals surface area contributed by atoms with Crippen molar-refractivity contribution in [3.63, 3.8) is 0 Å². The molecule has 3 heterocycles. The molecule has 1 fully saturated rings. The van der Waals surface area contributed by atoms with E-state index in [-0.39, 0.29) is 17.0 Å². The second-order valence-corrected chi connectivity index (χ2v) is 6.83. The highest BCUT2D eigenvalue weighted by Crippen LogP contribution is 2.20. The molecule has 2 aromatic rings. The van der Waals surface area contributed by atoms with Crippen molar-refractivity contribution in [1.82, 2.24) is 19.8 Å². The third-order valence-electron chi connectivity index (χ3n) is 4.70. The Kier molecular flexibility index (Phi) is 5.28. The van der Waals surface area contributed by atoms with Crippen LogP contribution in [0.5, 0.6) is 0 Å². The van der Waals surface area contributed by atoms with Crippen LogP contribution >= 0.6 is 0 Å². The van der Waals surface area contributed by atoms with E-state index in [1.54, 1.807) is 30.3 Å². The van der Waals surface area contributed by atoms with Gasteiger partial charge in [-0.1, -0.05) is 6.07 Å². The molecule has 0 aliphatic carbocycles. The molecule has 1 aliphatic heterocycles. The molecular weight excluding hydrogens is 316 g/mol. The molecule has 1 saturated heterocycles. The van der Waals surface area contributed by atoms with Crippen molar-refractivity contribution in [2.75, 3.05) is 26.7 Å². The summed E-state index contributed by atoms with van der Waals surface area (Å²) in [5.41, 5.74) is 1.88. The summed E-state index contributed by atoms with van der Waals surface area (Å²) in [5.74, 6) is 0.269. The number of nitrogens with zero attached hydrogens (tertiary/aromatic N) is 3. The first-order chi connectivity index (χ1) is 12.0. The minimum absolute atomic E-state index is 0.156. The van der Waals surface area contributed by atoms with Gasteiger partial charge in [0.25, 0.3) is 11.5 Å². The van der Waals surface area contributed by atoms with Crippen LogP contribution in [0.4, 0.5) is 0 Å². The van der Waals surface area contributed by atoms with Crippen LogP contribution in [0, 0.1) is 12.8 Å². The number of pyridine rings is 2. The summed E-state index contributed by atoms with van der Waals surface area (Å²) >= 11 is 0. The Labute approximate surface area is 147 Å². The van der Waals surface area contributed by atoms with Gasteiger partial charge >= 0.3 is 0 Å². The number of hydrogen-bond acceptors (Lipinski definition) is 4. The molecule has 1 N–H and O–H groups in total. The summed E-state index contributed by atoms with van der Waals surface area (Å²) in [6, 6.07) is 5.78. The predicted molar refractivity (Wildman–Crippen MR) is 96.4 cm³/mol. The lowest BCUT2D eigenvalue weighted by Gasteiger charge is -2.21. The molecule has 6 heteroatoms. The molecule has 1 atom stereocenters. The standard InChI is InChI=1S/C19H24N4O2/c1-14-5-8-21-18(24)17(14)19(25)23-9-6-16(13-23)12-22(2)11-15-4-3-7-20-10-15/h3-5,7-8,10,16H,6,9,11-13H2,1-2H3,(H,21,24). The van der Waals surface area contributed by atoms with E-state index in [9.17, 15) is 9.59 Å². The molecule has 3 rings (SSSR count). The van der Waals surface area contributed by atoms with Crippen LogP contribution in [0.25, 0.3) is 0 Å². The molecule has 0 radical (unpaired) electrons. The maximum Gasteiger partial charge on any atom is 0.261 e. The van der Waals surface area contributed by atoms with Crippen molar-refractivity contribution < 1.29 is 4.79 Å². The molecule has 0 saturated carbocycles. The summed E-state index contributed by atoms with van der Waals surface area (Å²) in [6.45, 7) is 4.97. The number of aromatic nitrogens is 2. The Bertz CT molecular complexity index is 788. The number of nitrogens with one attached hydrogen (secondary N) is 1. The topological polar surface area (TPSA) is 69.3 Å². The van der Waals surface area contributed by atoms with Crippen LogP contribution in [0.3, 0.4) is 0 Å². The van der Waals surface area contributed by atoms with E-state index < -0.39 is 0 Å². The number of aryl methyl sites for hydroxylation is 1. The molecule has 2 aromatic heterocycles. The predicted octanol–water partition coefficient (Wildman–Crippen LogP) is 1.67. The number of hydrogen-bond donors (Lipinski definition) is 1. The van der Waals surface area contributed by atoms with Crippen LogP contribution in [0.15, 0.2) is 41.6 Å². The molecule has 0 spiro atoms. The summed E-state index contributed by atoms with van der Waals surface area (Å²) in [6.07, 6.45) is 6.20. The third-order valence-corrected chi connectivity index (χ3v) is 4.70. The fourth-order valence-electron chi connectivity index (χ4n) is 3.48. The smallest absolute Gasteiger partial charge is 0.261 e. The summed E-state index contributed by atoms with van der Waals surface area (Å²) in [7, 11) is 2.09. The van der Waals surface area contributed by atoms with Gasteiger partial charge in [0.2, 0.25) is 0 Å². The first kappa shape index (κ1) is 17.4. The van der Waals surface area contributed by atoms with Gasteiger partial charge < -0.3 is 14.8 Å². The van der Waals surface area contributed by atoms with Crippen LogP contribution in [-0.2, 0) is 6.54 Å². The number of carbonyl (C=O) groups is 1. The highest BCUT2D eigenvalue weighted by molar-refractivity contribution is 5.95. The molecule has 1 amide bonds. The van der Waals surface area contributed by atoms with Crippen LogP contribution < -0.4 is 5.56 Å². The molecule has 6 nitrogen and oxygen atoms in total.